The number of rotatable bonds is 1. The molecule has 0 spiro atoms. The third-order valence-electron chi connectivity index (χ3n) is 1.45. The first-order chi connectivity index (χ1) is 5.11. The first-order valence-corrected chi connectivity index (χ1v) is 4.39. The molecule has 1 aromatic rings. The lowest BCUT2D eigenvalue weighted by molar-refractivity contribution is 0.593. The van der Waals surface area contributed by atoms with Crippen LogP contribution in [0, 0.1) is 9.39 Å². The first-order valence-electron chi connectivity index (χ1n) is 3.32. The van der Waals surface area contributed by atoms with Crippen LogP contribution in [-0.4, -0.2) is 0 Å². The van der Waals surface area contributed by atoms with Gasteiger partial charge >= 0.3 is 0 Å². The molecule has 1 atom stereocenters. The summed E-state index contributed by atoms with van der Waals surface area (Å²) in [7, 11) is 0. The van der Waals surface area contributed by atoms with Crippen LogP contribution in [0.1, 0.15) is 18.5 Å². The van der Waals surface area contributed by atoms with E-state index in [0.717, 1.165) is 3.57 Å². The molecule has 0 aromatic heterocycles. The van der Waals surface area contributed by atoms with E-state index in [1.54, 1.807) is 13.0 Å². The highest BCUT2D eigenvalue weighted by molar-refractivity contribution is 14.1. The Labute approximate surface area is 78.9 Å². The second-order valence-electron chi connectivity index (χ2n) is 2.45. The minimum atomic E-state index is -0.230. The number of benzene rings is 1. The van der Waals surface area contributed by atoms with Crippen molar-refractivity contribution in [3.8, 4) is 0 Å². The van der Waals surface area contributed by atoms with Gasteiger partial charge in [-0.05, 0) is 41.6 Å². The molecule has 11 heavy (non-hydrogen) atoms. The van der Waals surface area contributed by atoms with Crippen LogP contribution < -0.4 is 5.73 Å². The van der Waals surface area contributed by atoms with Crippen molar-refractivity contribution in [1.82, 2.24) is 0 Å². The molecule has 0 bridgehead atoms. The number of hydrogen-bond donors (Lipinski definition) is 1. The summed E-state index contributed by atoms with van der Waals surface area (Å²) in [5.41, 5.74) is 6.10. The Morgan fingerprint density at radius 1 is 1.55 bits per heavy atom. The largest absolute Gasteiger partial charge is 0.324 e. The second-order valence-corrected chi connectivity index (χ2v) is 3.70. The molecule has 60 valence electrons. The predicted octanol–water partition coefficient (Wildman–Crippen LogP) is 2.45. The average Bonchev–Trinajstić information content (AvgIpc) is 1.85. The third-order valence-corrected chi connectivity index (χ3v) is 2.12. The van der Waals surface area contributed by atoms with Crippen molar-refractivity contribution in [2.45, 2.75) is 13.0 Å². The lowest BCUT2D eigenvalue weighted by Crippen LogP contribution is -2.07. The summed E-state index contributed by atoms with van der Waals surface area (Å²) in [5, 5.41) is 0. The molecule has 0 amide bonds. The van der Waals surface area contributed by atoms with Crippen LogP contribution in [0.2, 0.25) is 0 Å². The van der Waals surface area contributed by atoms with E-state index in [1.807, 2.05) is 6.07 Å². The number of hydrogen-bond acceptors (Lipinski definition) is 1. The van der Waals surface area contributed by atoms with E-state index in [2.05, 4.69) is 22.6 Å². The Bertz CT molecular complexity index is 260. The molecule has 1 rings (SSSR count). The Morgan fingerprint density at radius 2 is 2.18 bits per heavy atom. The van der Waals surface area contributed by atoms with Gasteiger partial charge in [-0.1, -0.05) is 6.07 Å². The van der Waals surface area contributed by atoms with Gasteiger partial charge in [0.2, 0.25) is 0 Å². The summed E-state index contributed by atoms with van der Waals surface area (Å²) in [4.78, 5) is 0. The lowest BCUT2D eigenvalue weighted by Gasteiger charge is -2.06. The van der Waals surface area contributed by atoms with E-state index >= 15 is 0 Å². The Kier molecular flexibility index (Phi) is 2.84. The van der Waals surface area contributed by atoms with E-state index in [1.165, 1.54) is 6.07 Å². The maximum Gasteiger partial charge on any atom is 0.129 e. The van der Waals surface area contributed by atoms with Crippen LogP contribution in [0.25, 0.3) is 0 Å². The Balaban J connectivity index is 3.09. The lowest BCUT2D eigenvalue weighted by atomic mass is 10.1. The van der Waals surface area contributed by atoms with E-state index < -0.39 is 0 Å². The Hall–Kier alpha value is -0.160. The fourth-order valence-corrected chi connectivity index (χ4v) is 1.32. The molecule has 0 aliphatic rings. The topological polar surface area (TPSA) is 26.0 Å². The molecule has 0 fully saturated rings. The molecule has 2 N–H and O–H groups in total. The van der Waals surface area contributed by atoms with E-state index in [0.29, 0.717) is 5.56 Å². The minimum absolute atomic E-state index is 0.216. The van der Waals surface area contributed by atoms with Gasteiger partial charge in [0, 0.05) is 15.2 Å². The van der Waals surface area contributed by atoms with E-state index in [9.17, 15) is 4.39 Å². The van der Waals surface area contributed by atoms with Crippen LogP contribution in [0.3, 0.4) is 0 Å². The smallest absolute Gasteiger partial charge is 0.129 e. The maximum absolute atomic E-state index is 13.0. The van der Waals surface area contributed by atoms with Crippen molar-refractivity contribution in [2.24, 2.45) is 5.73 Å². The van der Waals surface area contributed by atoms with Gasteiger partial charge in [0.25, 0.3) is 0 Å². The van der Waals surface area contributed by atoms with Crippen molar-refractivity contribution in [3.63, 3.8) is 0 Å². The molecule has 0 heterocycles. The van der Waals surface area contributed by atoms with Crippen LogP contribution in [0.15, 0.2) is 18.2 Å². The van der Waals surface area contributed by atoms with Gasteiger partial charge in [-0.25, -0.2) is 4.39 Å². The summed E-state index contributed by atoms with van der Waals surface area (Å²) in [6, 6.07) is 4.83. The van der Waals surface area contributed by atoms with Crippen molar-refractivity contribution < 1.29 is 4.39 Å². The zero-order valence-electron chi connectivity index (χ0n) is 6.14. The fraction of sp³-hybridized carbons (Fsp3) is 0.250. The standard InChI is InChI=1S/C8H9FIN/c1-5(11)7-3-2-6(10)4-8(7)9/h2-5H,11H2,1H3/t5-/m0/s1. The predicted molar refractivity (Wildman–Crippen MR) is 51.7 cm³/mol. The van der Waals surface area contributed by atoms with Crippen LogP contribution in [0.5, 0.6) is 0 Å². The average molecular weight is 265 g/mol. The first kappa shape index (κ1) is 8.93. The van der Waals surface area contributed by atoms with Crippen molar-refractivity contribution in [3.05, 3.63) is 33.1 Å². The number of nitrogens with two attached hydrogens (primary N) is 1. The second kappa shape index (κ2) is 3.49. The zero-order chi connectivity index (χ0) is 8.43. The summed E-state index contributed by atoms with van der Waals surface area (Å²) >= 11 is 2.06. The molecule has 1 nitrogen and oxygen atoms in total. The molecular formula is C8H9FIN. The number of halogens is 2. The fourth-order valence-electron chi connectivity index (χ4n) is 0.871. The third kappa shape index (κ3) is 2.13. The summed E-state index contributed by atoms with van der Waals surface area (Å²) < 4.78 is 13.9. The normalized spacial score (nSPS) is 13.1. The SMILES string of the molecule is C[C@H](N)c1ccc(I)cc1F. The molecule has 1 aromatic carbocycles. The minimum Gasteiger partial charge on any atom is -0.324 e. The van der Waals surface area contributed by atoms with Crippen LogP contribution in [0.4, 0.5) is 4.39 Å². The van der Waals surface area contributed by atoms with Gasteiger partial charge in [-0.2, -0.15) is 0 Å². The van der Waals surface area contributed by atoms with Crippen LogP contribution >= 0.6 is 22.6 Å². The maximum atomic E-state index is 13.0. The van der Waals surface area contributed by atoms with Gasteiger partial charge in [-0.3, -0.25) is 0 Å². The molecular weight excluding hydrogens is 256 g/mol. The monoisotopic (exact) mass is 265 g/mol. The summed E-state index contributed by atoms with van der Waals surface area (Å²) in [5.74, 6) is -0.216. The van der Waals surface area contributed by atoms with Gasteiger partial charge < -0.3 is 5.73 Å². The molecule has 0 unspecified atom stereocenters. The molecule has 0 saturated heterocycles. The quantitative estimate of drug-likeness (QED) is 0.775. The molecule has 0 aliphatic heterocycles. The summed E-state index contributed by atoms with van der Waals surface area (Å²) in [6.45, 7) is 1.77. The Morgan fingerprint density at radius 3 is 2.64 bits per heavy atom. The van der Waals surface area contributed by atoms with Gasteiger partial charge in [0.1, 0.15) is 5.82 Å². The zero-order valence-corrected chi connectivity index (χ0v) is 8.30. The molecule has 0 radical (unpaired) electrons. The van der Waals surface area contributed by atoms with Gasteiger partial charge in [-0.15, -0.1) is 0 Å². The summed E-state index contributed by atoms with van der Waals surface area (Å²) in [6.07, 6.45) is 0. The van der Waals surface area contributed by atoms with E-state index in [-0.39, 0.29) is 11.9 Å². The van der Waals surface area contributed by atoms with Crippen LogP contribution in [-0.2, 0) is 0 Å². The highest BCUT2D eigenvalue weighted by Crippen LogP contribution is 2.16. The van der Waals surface area contributed by atoms with Crippen molar-refractivity contribution in [1.29, 1.82) is 0 Å². The highest BCUT2D eigenvalue weighted by atomic mass is 127. The van der Waals surface area contributed by atoms with Gasteiger partial charge in [0.15, 0.2) is 0 Å². The highest BCUT2D eigenvalue weighted by Gasteiger charge is 2.05. The van der Waals surface area contributed by atoms with Crippen molar-refractivity contribution >= 4 is 22.6 Å². The molecule has 0 aliphatic carbocycles. The van der Waals surface area contributed by atoms with Gasteiger partial charge in [0.05, 0.1) is 0 Å². The van der Waals surface area contributed by atoms with Crippen molar-refractivity contribution in [2.75, 3.05) is 0 Å². The van der Waals surface area contributed by atoms with E-state index in [4.69, 9.17) is 5.73 Å². The molecule has 3 heteroatoms. The molecule has 0 saturated carbocycles.